The molecule has 0 bridgehead atoms. The van der Waals surface area contributed by atoms with E-state index >= 15 is 0 Å². The number of aromatic nitrogens is 3. The lowest BCUT2D eigenvalue weighted by Gasteiger charge is -2.39. The van der Waals surface area contributed by atoms with E-state index in [1.165, 1.54) is 31.5 Å². The van der Waals surface area contributed by atoms with Gasteiger partial charge < -0.3 is 14.7 Å². The van der Waals surface area contributed by atoms with Gasteiger partial charge in [-0.3, -0.25) is 4.98 Å². The molecule has 0 atom stereocenters. The second-order valence-electron chi connectivity index (χ2n) is 11.4. The Hall–Kier alpha value is -3.98. The van der Waals surface area contributed by atoms with Crippen LogP contribution >= 0.6 is 0 Å². The zero-order valence-electron chi connectivity index (χ0n) is 23.7. The highest BCUT2D eigenvalue weighted by Crippen LogP contribution is 2.33. The van der Waals surface area contributed by atoms with Crippen molar-refractivity contribution in [2.24, 2.45) is 5.92 Å². The summed E-state index contributed by atoms with van der Waals surface area (Å²) >= 11 is 0. The van der Waals surface area contributed by atoms with Crippen molar-refractivity contribution in [1.82, 2.24) is 19.9 Å². The van der Waals surface area contributed by atoms with Crippen molar-refractivity contribution in [3.05, 3.63) is 96.4 Å². The van der Waals surface area contributed by atoms with Crippen LogP contribution in [-0.2, 0) is 12.7 Å². The average molecular weight is 573 g/mol. The molecule has 2 aromatic carbocycles. The fourth-order valence-corrected chi connectivity index (χ4v) is 5.66. The Morgan fingerprint density at radius 1 is 0.810 bits per heavy atom. The van der Waals surface area contributed by atoms with E-state index in [4.69, 9.17) is 4.98 Å². The maximum atomic E-state index is 13.1. The SMILES string of the molecule is CN(c1ccncc1)c1ccc(CN(c2nccc(-c3ccc(C(F)(F)F)cc3)n2)C2CCN(CC3CC3)CC2)cc1. The molecule has 4 aromatic rings. The molecule has 2 fully saturated rings. The first kappa shape index (κ1) is 28.2. The summed E-state index contributed by atoms with van der Waals surface area (Å²) < 4.78 is 39.4. The van der Waals surface area contributed by atoms with Gasteiger partial charge in [0.25, 0.3) is 0 Å². The van der Waals surface area contributed by atoms with E-state index in [0.717, 1.165) is 60.9 Å². The van der Waals surface area contributed by atoms with E-state index in [9.17, 15) is 13.2 Å². The van der Waals surface area contributed by atoms with E-state index in [0.29, 0.717) is 23.8 Å². The summed E-state index contributed by atoms with van der Waals surface area (Å²) in [5.74, 6) is 1.47. The van der Waals surface area contributed by atoms with Crippen LogP contribution in [0, 0.1) is 5.92 Å². The Labute approximate surface area is 244 Å². The normalized spacial score (nSPS) is 16.4. The van der Waals surface area contributed by atoms with E-state index in [2.05, 4.69) is 48.9 Å². The predicted octanol–water partition coefficient (Wildman–Crippen LogP) is 7.21. The highest BCUT2D eigenvalue weighted by Gasteiger charge is 2.31. The third-order valence-electron chi connectivity index (χ3n) is 8.35. The summed E-state index contributed by atoms with van der Waals surface area (Å²) in [6, 6.07) is 19.7. The highest BCUT2D eigenvalue weighted by atomic mass is 19.4. The quantitative estimate of drug-likeness (QED) is 0.211. The Kier molecular flexibility index (Phi) is 8.11. The highest BCUT2D eigenvalue weighted by molar-refractivity contribution is 5.63. The largest absolute Gasteiger partial charge is 0.416 e. The number of nitrogens with zero attached hydrogens (tertiary/aromatic N) is 6. The molecule has 0 amide bonds. The molecule has 218 valence electrons. The molecule has 1 aliphatic heterocycles. The van der Waals surface area contributed by atoms with Gasteiger partial charge in [-0.05, 0) is 79.6 Å². The minimum absolute atomic E-state index is 0.266. The van der Waals surface area contributed by atoms with Crippen LogP contribution in [0.5, 0.6) is 0 Å². The van der Waals surface area contributed by atoms with Crippen molar-refractivity contribution in [1.29, 1.82) is 0 Å². The van der Waals surface area contributed by atoms with E-state index in [1.807, 2.05) is 19.2 Å². The van der Waals surface area contributed by atoms with Gasteiger partial charge in [-0.25, -0.2) is 9.97 Å². The standard InChI is InChI=1S/C33H35F3N6/c1-40(29-12-17-37-18-13-29)28-10-4-25(5-11-28)23-42(30-15-20-41(21-16-30)22-24-2-3-24)32-38-19-14-31(39-32)26-6-8-27(9-7-26)33(34,35)36/h4-14,17-19,24,30H,2-3,15-16,20-23H2,1H3. The summed E-state index contributed by atoms with van der Waals surface area (Å²) in [6.45, 7) is 3.93. The van der Waals surface area contributed by atoms with Crippen molar-refractivity contribution >= 4 is 17.3 Å². The minimum Gasteiger partial charge on any atom is -0.345 e. The number of piperidine rings is 1. The number of likely N-dealkylation sites (tertiary alicyclic amines) is 1. The number of alkyl halides is 3. The molecule has 1 saturated carbocycles. The molecule has 3 heterocycles. The molecule has 1 aliphatic carbocycles. The summed E-state index contributed by atoms with van der Waals surface area (Å²) in [5, 5.41) is 0. The molecular weight excluding hydrogens is 537 g/mol. The Balaban J connectivity index is 1.24. The zero-order chi connectivity index (χ0) is 29.1. The van der Waals surface area contributed by atoms with Crippen molar-refractivity contribution < 1.29 is 13.2 Å². The van der Waals surface area contributed by atoms with E-state index in [-0.39, 0.29) is 6.04 Å². The smallest absolute Gasteiger partial charge is 0.345 e. The predicted molar refractivity (Wildman–Crippen MR) is 160 cm³/mol. The van der Waals surface area contributed by atoms with Crippen molar-refractivity contribution in [3.63, 3.8) is 0 Å². The lowest BCUT2D eigenvalue weighted by molar-refractivity contribution is -0.137. The maximum absolute atomic E-state index is 13.1. The first-order chi connectivity index (χ1) is 20.3. The molecule has 1 saturated heterocycles. The van der Waals surface area contributed by atoms with Gasteiger partial charge in [0.05, 0.1) is 11.3 Å². The Morgan fingerprint density at radius 2 is 1.48 bits per heavy atom. The molecule has 2 aliphatic rings. The number of rotatable bonds is 9. The van der Waals surface area contributed by atoms with Crippen molar-refractivity contribution in [3.8, 4) is 11.3 Å². The fourth-order valence-electron chi connectivity index (χ4n) is 5.66. The second kappa shape index (κ2) is 12.1. The van der Waals surface area contributed by atoms with Gasteiger partial charge in [0.15, 0.2) is 0 Å². The van der Waals surface area contributed by atoms with Gasteiger partial charge in [0.2, 0.25) is 5.95 Å². The lowest BCUT2D eigenvalue weighted by atomic mass is 10.0. The molecule has 0 radical (unpaired) electrons. The summed E-state index contributed by atoms with van der Waals surface area (Å²) in [4.78, 5) is 20.6. The fraction of sp³-hybridized carbons (Fsp3) is 0.364. The summed E-state index contributed by atoms with van der Waals surface area (Å²) in [7, 11) is 2.03. The number of halogens is 3. The molecule has 9 heteroatoms. The third-order valence-corrected chi connectivity index (χ3v) is 8.35. The average Bonchev–Trinajstić information content (AvgIpc) is 3.84. The molecule has 6 rings (SSSR count). The van der Waals surface area contributed by atoms with Gasteiger partial charge in [-0.15, -0.1) is 0 Å². The molecular formula is C33H35F3N6. The second-order valence-corrected chi connectivity index (χ2v) is 11.4. The number of pyridine rings is 1. The van der Waals surface area contributed by atoms with E-state index in [1.54, 1.807) is 24.7 Å². The summed E-state index contributed by atoms with van der Waals surface area (Å²) in [5.41, 5.74) is 3.86. The Morgan fingerprint density at radius 3 is 2.12 bits per heavy atom. The number of hydrogen-bond donors (Lipinski definition) is 0. The minimum atomic E-state index is -4.37. The van der Waals surface area contributed by atoms with Gasteiger partial charge in [0, 0.05) is 74.8 Å². The van der Waals surface area contributed by atoms with Crippen LogP contribution in [0.4, 0.5) is 30.5 Å². The Bertz CT molecular complexity index is 1450. The topological polar surface area (TPSA) is 48.4 Å². The van der Waals surface area contributed by atoms with Crippen LogP contribution < -0.4 is 9.80 Å². The summed E-state index contributed by atoms with van der Waals surface area (Å²) in [6.07, 6.45) is 5.64. The molecule has 0 unspecified atom stereocenters. The number of anilines is 3. The van der Waals surface area contributed by atoms with Crippen LogP contribution in [-0.4, -0.2) is 52.6 Å². The van der Waals surface area contributed by atoms with Crippen LogP contribution in [0.25, 0.3) is 11.3 Å². The number of benzene rings is 2. The van der Waals surface area contributed by atoms with Crippen molar-refractivity contribution in [2.45, 2.75) is 44.4 Å². The van der Waals surface area contributed by atoms with Gasteiger partial charge >= 0.3 is 6.18 Å². The van der Waals surface area contributed by atoms with Crippen LogP contribution in [0.2, 0.25) is 0 Å². The monoisotopic (exact) mass is 572 g/mol. The first-order valence-corrected chi connectivity index (χ1v) is 14.6. The molecule has 0 spiro atoms. The van der Waals surface area contributed by atoms with Gasteiger partial charge in [-0.1, -0.05) is 24.3 Å². The number of hydrogen-bond acceptors (Lipinski definition) is 6. The third kappa shape index (κ3) is 6.73. The van der Waals surface area contributed by atoms with Crippen LogP contribution in [0.15, 0.2) is 85.3 Å². The van der Waals surface area contributed by atoms with Gasteiger partial charge in [-0.2, -0.15) is 13.2 Å². The van der Waals surface area contributed by atoms with Crippen LogP contribution in [0.1, 0.15) is 36.8 Å². The van der Waals surface area contributed by atoms with Crippen LogP contribution in [0.3, 0.4) is 0 Å². The lowest BCUT2D eigenvalue weighted by Crippen LogP contribution is -2.45. The molecule has 2 aromatic heterocycles. The molecule has 42 heavy (non-hydrogen) atoms. The van der Waals surface area contributed by atoms with Gasteiger partial charge in [0.1, 0.15) is 0 Å². The maximum Gasteiger partial charge on any atom is 0.416 e. The molecule has 0 N–H and O–H groups in total. The van der Waals surface area contributed by atoms with Crippen molar-refractivity contribution in [2.75, 3.05) is 36.5 Å². The van der Waals surface area contributed by atoms with E-state index < -0.39 is 11.7 Å². The first-order valence-electron chi connectivity index (χ1n) is 14.6. The zero-order valence-corrected chi connectivity index (χ0v) is 23.7. The molecule has 6 nitrogen and oxygen atoms in total.